The molecule has 2 fully saturated rings. The van der Waals surface area contributed by atoms with Gasteiger partial charge in [0.15, 0.2) is 0 Å². The molecule has 1 aliphatic carbocycles. The van der Waals surface area contributed by atoms with Crippen molar-refractivity contribution in [3.8, 4) is 0 Å². The predicted octanol–water partition coefficient (Wildman–Crippen LogP) is 3.86. The van der Waals surface area contributed by atoms with E-state index in [0.717, 1.165) is 25.7 Å². The number of carbonyl (C=O) groups is 1. The first-order valence-electron chi connectivity index (χ1n) is 12.6. The fourth-order valence-electron chi connectivity index (χ4n) is 4.70. The summed E-state index contributed by atoms with van der Waals surface area (Å²) in [6, 6.07) is 0. The molecule has 0 radical (unpaired) electrons. The Hall–Kier alpha value is -1.22. The Kier molecular flexibility index (Phi) is 10.4. The summed E-state index contributed by atoms with van der Waals surface area (Å²) in [5, 5.41) is 20.6. The molecule has 1 amide bonds. The summed E-state index contributed by atoms with van der Waals surface area (Å²) in [6.07, 6.45) is 9.60. The Morgan fingerprint density at radius 2 is 1.88 bits per heavy atom. The standard InChI is InChI=1S/C26H45NO6S/c1-17(2)13-14-26(5,6)24(29)12-11-20-21-15-19(33-23(21)16-22(20)28)9-7-8-10-25(30)27-34(31,32)18(3)4/h11-13,18-24,28-29H,7-10,14-16H2,1-6H3,(H,27,30)/t19-,20-,21-,22-,23+,24?/m1/s1. The molecule has 0 bridgehead atoms. The van der Waals surface area contributed by atoms with Crippen LogP contribution >= 0.6 is 0 Å². The van der Waals surface area contributed by atoms with Gasteiger partial charge in [-0.15, -0.1) is 0 Å². The minimum absolute atomic E-state index is 0.0185. The topological polar surface area (TPSA) is 113 Å². The molecule has 1 heterocycles. The first-order chi connectivity index (χ1) is 15.7. The van der Waals surface area contributed by atoms with Crippen LogP contribution in [0.15, 0.2) is 23.8 Å². The van der Waals surface area contributed by atoms with Crippen molar-refractivity contribution in [3.05, 3.63) is 23.8 Å². The Morgan fingerprint density at radius 3 is 2.50 bits per heavy atom. The van der Waals surface area contributed by atoms with E-state index in [1.807, 2.05) is 26.0 Å². The van der Waals surface area contributed by atoms with Crippen molar-refractivity contribution in [2.45, 2.75) is 116 Å². The van der Waals surface area contributed by atoms with Crippen molar-refractivity contribution in [2.24, 2.45) is 17.3 Å². The highest BCUT2D eigenvalue weighted by molar-refractivity contribution is 7.90. The van der Waals surface area contributed by atoms with Crippen LogP contribution in [0.5, 0.6) is 0 Å². The van der Waals surface area contributed by atoms with Gasteiger partial charge in [-0.1, -0.05) is 44.1 Å². The van der Waals surface area contributed by atoms with Gasteiger partial charge in [0.1, 0.15) is 0 Å². The molecule has 1 saturated carbocycles. The van der Waals surface area contributed by atoms with Crippen LogP contribution in [0.4, 0.5) is 0 Å². The smallest absolute Gasteiger partial charge is 0.237 e. The normalized spacial score (nSPS) is 28.3. The molecule has 3 N–H and O–H groups in total. The molecule has 196 valence electrons. The zero-order valence-corrected chi connectivity index (χ0v) is 22.5. The van der Waals surface area contributed by atoms with E-state index < -0.39 is 33.4 Å². The largest absolute Gasteiger partial charge is 0.392 e. The zero-order valence-electron chi connectivity index (χ0n) is 21.7. The van der Waals surface area contributed by atoms with E-state index >= 15 is 0 Å². The van der Waals surface area contributed by atoms with Crippen LogP contribution in [0.3, 0.4) is 0 Å². The van der Waals surface area contributed by atoms with Crippen molar-refractivity contribution in [3.63, 3.8) is 0 Å². The third-order valence-corrected chi connectivity index (χ3v) is 8.96. The number of amides is 1. The second kappa shape index (κ2) is 12.2. The van der Waals surface area contributed by atoms with Crippen molar-refractivity contribution >= 4 is 15.9 Å². The maximum Gasteiger partial charge on any atom is 0.237 e. The Bertz CT molecular complexity index is 843. The van der Waals surface area contributed by atoms with Crippen LogP contribution in [-0.2, 0) is 19.6 Å². The fraction of sp³-hybridized carbons (Fsp3) is 0.808. The lowest BCUT2D eigenvalue weighted by atomic mass is 9.81. The number of ether oxygens (including phenoxy) is 1. The first kappa shape index (κ1) is 29.0. The summed E-state index contributed by atoms with van der Waals surface area (Å²) in [5.74, 6) is -0.267. The second-order valence-corrected chi connectivity index (χ2v) is 13.5. The van der Waals surface area contributed by atoms with E-state index in [1.165, 1.54) is 19.4 Å². The van der Waals surface area contributed by atoms with Gasteiger partial charge in [-0.05, 0) is 64.7 Å². The Labute approximate surface area is 206 Å². The van der Waals surface area contributed by atoms with Crippen LogP contribution in [0.25, 0.3) is 0 Å². The van der Waals surface area contributed by atoms with Crippen molar-refractivity contribution in [2.75, 3.05) is 0 Å². The van der Waals surface area contributed by atoms with Gasteiger partial charge in [0.2, 0.25) is 15.9 Å². The van der Waals surface area contributed by atoms with Gasteiger partial charge in [0.25, 0.3) is 0 Å². The van der Waals surface area contributed by atoms with E-state index in [-0.39, 0.29) is 35.9 Å². The maximum absolute atomic E-state index is 11.9. The van der Waals surface area contributed by atoms with Gasteiger partial charge in [-0.25, -0.2) is 8.42 Å². The van der Waals surface area contributed by atoms with Crippen molar-refractivity contribution in [1.82, 2.24) is 4.72 Å². The van der Waals surface area contributed by atoms with Crippen molar-refractivity contribution < 1.29 is 28.2 Å². The molecular formula is C26H45NO6S. The van der Waals surface area contributed by atoms with E-state index in [9.17, 15) is 23.4 Å². The lowest BCUT2D eigenvalue weighted by molar-refractivity contribution is -0.119. The average molecular weight is 500 g/mol. The third-order valence-electron chi connectivity index (χ3n) is 7.20. The third kappa shape index (κ3) is 8.18. The van der Waals surface area contributed by atoms with Gasteiger partial charge >= 0.3 is 0 Å². The number of fused-ring (bicyclic) bond motifs is 1. The maximum atomic E-state index is 11.9. The molecule has 8 heteroatoms. The Morgan fingerprint density at radius 1 is 1.21 bits per heavy atom. The van der Waals surface area contributed by atoms with Crippen LogP contribution < -0.4 is 4.72 Å². The highest BCUT2D eigenvalue weighted by Crippen LogP contribution is 2.45. The van der Waals surface area contributed by atoms with E-state index in [1.54, 1.807) is 0 Å². The van der Waals surface area contributed by atoms with Crippen LogP contribution in [0.1, 0.15) is 86.5 Å². The fourth-order valence-corrected chi connectivity index (χ4v) is 5.35. The summed E-state index contributed by atoms with van der Waals surface area (Å²) in [7, 11) is -3.58. The summed E-state index contributed by atoms with van der Waals surface area (Å²) < 4.78 is 31.8. The van der Waals surface area contributed by atoms with Crippen LogP contribution in [-0.4, -0.2) is 54.2 Å². The molecule has 0 aromatic heterocycles. The summed E-state index contributed by atoms with van der Waals surface area (Å²) >= 11 is 0. The number of carbonyl (C=O) groups excluding carboxylic acids is 1. The van der Waals surface area contributed by atoms with E-state index in [2.05, 4.69) is 24.6 Å². The molecule has 1 aliphatic heterocycles. The van der Waals surface area contributed by atoms with E-state index in [0.29, 0.717) is 12.8 Å². The lowest BCUT2D eigenvalue weighted by Crippen LogP contribution is -2.35. The zero-order chi connectivity index (χ0) is 25.7. The molecule has 7 nitrogen and oxygen atoms in total. The average Bonchev–Trinajstić information content (AvgIpc) is 3.23. The van der Waals surface area contributed by atoms with Crippen molar-refractivity contribution in [1.29, 1.82) is 0 Å². The number of aliphatic hydroxyl groups excluding tert-OH is 2. The van der Waals surface area contributed by atoms with Gasteiger partial charge in [0.05, 0.1) is 29.7 Å². The number of allylic oxidation sites excluding steroid dienone is 2. The van der Waals surface area contributed by atoms with Gasteiger partial charge in [-0.2, -0.15) is 0 Å². The molecule has 2 rings (SSSR count). The minimum atomic E-state index is -3.58. The molecular weight excluding hydrogens is 454 g/mol. The number of unbranched alkanes of at least 4 members (excludes halogenated alkanes) is 1. The summed E-state index contributed by atoms with van der Waals surface area (Å²) in [5.41, 5.74) is 0.945. The SMILES string of the molecule is CC(C)=CCC(C)(C)C(O)C=C[C@@H]1[C@H]2C[C@@H](CCCCC(=O)NS(=O)(=O)C(C)C)O[C@H]2C[C@H]1O. The molecule has 34 heavy (non-hydrogen) atoms. The molecule has 0 aromatic carbocycles. The molecule has 2 aliphatic rings. The quantitative estimate of drug-likeness (QED) is 0.278. The highest BCUT2D eigenvalue weighted by Gasteiger charge is 2.47. The number of hydrogen-bond acceptors (Lipinski definition) is 6. The molecule has 6 atom stereocenters. The molecule has 0 spiro atoms. The van der Waals surface area contributed by atoms with Gasteiger partial charge in [0, 0.05) is 18.8 Å². The minimum Gasteiger partial charge on any atom is -0.392 e. The Balaban J connectivity index is 1.81. The lowest BCUT2D eigenvalue weighted by Gasteiger charge is -2.28. The molecule has 0 aromatic rings. The van der Waals surface area contributed by atoms with Crippen LogP contribution in [0, 0.1) is 17.3 Å². The highest BCUT2D eigenvalue weighted by atomic mass is 32.2. The second-order valence-electron chi connectivity index (χ2n) is 11.2. The summed E-state index contributed by atoms with van der Waals surface area (Å²) in [4.78, 5) is 11.9. The molecule has 1 unspecified atom stereocenters. The number of hydrogen-bond donors (Lipinski definition) is 3. The van der Waals surface area contributed by atoms with E-state index in [4.69, 9.17) is 4.74 Å². The summed E-state index contributed by atoms with van der Waals surface area (Å²) in [6.45, 7) is 11.3. The van der Waals surface area contributed by atoms with Gasteiger partial charge < -0.3 is 14.9 Å². The van der Waals surface area contributed by atoms with Gasteiger partial charge in [-0.3, -0.25) is 9.52 Å². The molecule has 1 saturated heterocycles. The number of sulfonamides is 1. The monoisotopic (exact) mass is 499 g/mol. The number of aliphatic hydroxyl groups is 2. The number of rotatable bonds is 12. The first-order valence-corrected chi connectivity index (χ1v) is 14.2. The van der Waals surface area contributed by atoms with Crippen LogP contribution in [0.2, 0.25) is 0 Å². The number of nitrogens with one attached hydrogen (secondary N) is 1. The predicted molar refractivity (Wildman–Crippen MR) is 135 cm³/mol.